The fourth-order valence-electron chi connectivity index (χ4n) is 2.13. The molecule has 2 N–H and O–H groups in total. The van der Waals surface area contributed by atoms with Crippen molar-refractivity contribution in [3.8, 4) is 0 Å². The van der Waals surface area contributed by atoms with E-state index in [0.717, 1.165) is 30.6 Å². The van der Waals surface area contributed by atoms with Gasteiger partial charge in [-0.05, 0) is 36.6 Å². The Bertz CT molecular complexity index is 466. The van der Waals surface area contributed by atoms with E-state index >= 15 is 0 Å². The van der Waals surface area contributed by atoms with Crippen LogP contribution in [0.1, 0.15) is 22.3 Å². The smallest absolute Gasteiger partial charge is 0.261 e. The number of benzene rings is 1. The first-order chi connectivity index (χ1) is 9.66. The zero-order chi connectivity index (χ0) is 14.4. The lowest BCUT2D eigenvalue weighted by Crippen LogP contribution is -2.28. The topological polar surface area (TPSA) is 50.4 Å². The zero-order valence-corrected chi connectivity index (χ0v) is 11.1. The molecular weight excluding hydrogens is 266 g/mol. The standard InChI is InChI=1S/C14H18F2N2O2/c15-13(16)9-20-7-6-18-14(19)11-3-4-12-10(8-11)2-1-5-17-12/h3-4,8,13,17H,1-2,5-7,9H2,(H,18,19). The van der Waals surface area contributed by atoms with E-state index in [1.165, 1.54) is 0 Å². The minimum absolute atomic E-state index is 0.0859. The molecule has 0 aromatic heterocycles. The molecule has 0 bridgehead atoms. The van der Waals surface area contributed by atoms with Crippen LogP contribution in [-0.4, -0.2) is 38.6 Å². The average molecular weight is 284 g/mol. The number of carbonyl (C=O) groups excluding carboxylic acids is 1. The monoisotopic (exact) mass is 284 g/mol. The Morgan fingerprint density at radius 2 is 2.30 bits per heavy atom. The minimum Gasteiger partial charge on any atom is -0.385 e. The largest absolute Gasteiger partial charge is 0.385 e. The van der Waals surface area contributed by atoms with E-state index in [2.05, 4.69) is 10.6 Å². The Morgan fingerprint density at radius 1 is 1.45 bits per heavy atom. The molecule has 6 heteroatoms. The summed E-state index contributed by atoms with van der Waals surface area (Å²) in [6.07, 6.45) is -0.459. The summed E-state index contributed by atoms with van der Waals surface area (Å²) in [4.78, 5) is 11.9. The Hall–Kier alpha value is -1.69. The lowest BCUT2D eigenvalue weighted by Gasteiger charge is -2.18. The van der Waals surface area contributed by atoms with Gasteiger partial charge in [-0.25, -0.2) is 8.78 Å². The van der Waals surface area contributed by atoms with Crippen LogP contribution in [0.15, 0.2) is 18.2 Å². The third kappa shape index (κ3) is 4.16. The Morgan fingerprint density at radius 3 is 3.10 bits per heavy atom. The summed E-state index contributed by atoms with van der Waals surface area (Å²) in [7, 11) is 0. The Labute approximate surface area is 116 Å². The highest BCUT2D eigenvalue weighted by atomic mass is 19.3. The number of aryl methyl sites for hydroxylation is 1. The van der Waals surface area contributed by atoms with Crippen molar-refractivity contribution in [2.45, 2.75) is 19.3 Å². The molecule has 1 aliphatic rings. The minimum atomic E-state index is -2.47. The predicted molar refractivity (Wildman–Crippen MR) is 72.4 cm³/mol. The lowest BCUT2D eigenvalue weighted by atomic mass is 10.0. The first-order valence-corrected chi connectivity index (χ1v) is 6.67. The maximum absolute atomic E-state index is 11.9. The van der Waals surface area contributed by atoms with Crippen LogP contribution in [0.4, 0.5) is 14.5 Å². The van der Waals surface area contributed by atoms with Gasteiger partial charge in [0.15, 0.2) is 0 Å². The van der Waals surface area contributed by atoms with E-state index in [0.29, 0.717) is 5.56 Å². The number of rotatable bonds is 6. The van der Waals surface area contributed by atoms with Gasteiger partial charge in [0.2, 0.25) is 0 Å². The van der Waals surface area contributed by atoms with Crippen molar-refractivity contribution in [2.24, 2.45) is 0 Å². The quantitative estimate of drug-likeness (QED) is 0.786. The van der Waals surface area contributed by atoms with Crippen molar-refractivity contribution < 1.29 is 18.3 Å². The van der Waals surface area contributed by atoms with E-state index < -0.39 is 13.0 Å². The van der Waals surface area contributed by atoms with Crippen LogP contribution in [0.5, 0.6) is 0 Å². The number of halogens is 2. The molecule has 0 aliphatic carbocycles. The molecule has 0 unspecified atom stereocenters. The highest BCUT2D eigenvalue weighted by Crippen LogP contribution is 2.22. The predicted octanol–water partition coefficient (Wildman–Crippen LogP) is 2.06. The highest BCUT2D eigenvalue weighted by molar-refractivity contribution is 5.94. The summed E-state index contributed by atoms with van der Waals surface area (Å²) < 4.78 is 28.4. The first kappa shape index (κ1) is 14.7. The number of carbonyl (C=O) groups is 1. The summed E-state index contributed by atoms with van der Waals surface area (Å²) in [6, 6.07) is 5.53. The first-order valence-electron chi connectivity index (χ1n) is 6.67. The second-order valence-corrected chi connectivity index (χ2v) is 4.62. The number of alkyl halides is 2. The molecule has 20 heavy (non-hydrogen) atoms. The molecule has 110 valence electrons. The summed E-state index contributed by atoms with van der Waals surface area (Å²) in [6.45, 7) is 0.671. The fraction of sp³-hybridized carbons (Fsp3) is 0.500. The molecule has 0 fully saturated rings. The van der Waals surface area contributed by atoms with Crippen LogP contribution in [0, 0.1) is 0 Å². The lowest BCUT2D eigenvalue weighted by molar-refractivity contribution is 0.0188. The van der Waals surface area contributed by atoms with Gasteiger partial charge in [-0.1, -0.05) is 0 Å². The molecule has 4 nitrogen and oxygen atoms in total. The second kappa shape index (κ2) is 7.19. The highest BCUT2D eigenvalue weighted by Gasteiger charge is 2.12. The number of hydrogen-bond acceptors (Lipinski definition) is 3. The molecular formula is C14H18F2N2O2. The zero-order valence-electron chi connectivity index (χ0n) is 11.1. The number of anilines is 1. The van der Waals surface area contributed by atoms with Crippen LogP contribution >= 0.6 is 0 Å². The van der Waals surface area contributed by atoms with E-state index in [-0.39, 0.29) is 19.1 Å². The van der Waals surface area contributed by atoms with Crippen molar-refractivity contribution in [3.63, 3.8) is 0 Å². The summed E-state index contributed by atoms with van der Waals surface area (Å²) in [5, 5.41) is 5.93. The van der Waals surface area contributed by atoms with Crippen molar-refractivity contribution in [3.05, 3.63) is 29.3 Å². The molecule has 1 aromatic rings. The molecule has 1 aromatic carbocycles. The van der Waals surface area contributed by atoms with Gasteiger partial charge in [-0.15, -0.1) is 0 Å². The van der Waals surface area contributed by atoms with Crippen molar-refractivity contribution in [2.75, 3.05) is 31.6 Å². The SMILES string of the molecule is O=C(NCCOCC(F)F)c1ccc2c(c1)CCCN2. The molecule has 0 saturated heterocycles. The van der Waals surface area contributed by atoms with E-state index in [1.807, 2.05) is 12.1 Å². The van der Waals surface area contributed by atoms with Gasteiger partial charge < -0.3 is 15.4 Å². The van der Waals surface area contributed by atoms with Gasteiger partial charge in [0.25, 0.3) is 12.3 Å². The normalized spacial score (nSPS) is 13.8. The van der Waals surface area contributed by atoms with Crippen LogP contribution in [0.2, 0.25) is 0 Å². The molecule has 0 saturated carbocycles. The Balaban J connectivity index is 1.80. The van der Waals surface area contributed by atoms with Gasteiger partial charge in [-0.3, -0.25) is 4.79 Å². The van der Waals surface area contributed by atoms with E-state index in [1.54, 1.807) is 6.07 Å². The number of fused-ring (bicyclic) bond motifs is 1. The number of hydrogen-bond donors (Lipinski definition) is 2. The summed E-state index contributed by atoms with van der Waals surface area (Å²) in [5.74, 6) is -0.209. The van der Waals surface area contributed by atoms with E-state index in [9.17, 15) is 13.6 Å². The van der Waals surface area contributed by atoms with Gasteiger partial charge >= 0.3 is 0 Å². The number of amides is 1. The molecule has 1 heterocycles. The summed E-state index contributed by atoms with van der Waals surface area (Å²) >= 11 is 0. The molecule has 1 aliphatic heterocycles. The Kier molecular flexibility index (Phi) is 5.29. The van der Waals surface area contributed by atoms with Crippen molar-refractivity contribution >= 4 is 11.6 Å². The summed E-state index contributed by atoms with van der Waals surface area (Å²) in [5.41, 5.74) is 2.80. The average Bonchev–Trinajstić information content (AvgIpc) is 2.46. The van der Waals surface area contributed by atoms with Gasteiger partial charge in [-0.2, -0.15) is 0 Å². The molecule has 0 spiro atoms. The molecule has 0 atom stereocenters. The third-order valence-electron chi connectivity index (χ3n) is 3.08. The van der Waals surface area contributed by atoms with Gasteiger partial charge in [0, 0.05) is 24.3 Å². The third-order valence-corrected chi connectivity index (χ3v) is 3.08. The van der Waals surface area contributed by atoms with Crippen LogP contribution in [0.3, 0.4) is 0 Å². The van der Waals surface area contributed by atoms with Gasteiger partial charge in [0.05, 0.1) is 6.61 Å². The van der Waals surface area contributed by atoms with Crippen LogP contribution < -0.4 is 10.6 Å². The maximum Gasteiger partial charge on any atom is 0.261 e. The molecule has 2 rings (SSSR count). The van der Waals surface area contributed by atoms with E-state index in [4.69, 9.17) is 4.74 Å². The van der Waals surface area contributed by atoms with Crippen LogP contribution in [0.25, 0.3) is 0 Å². The van der Waals surface area contributed by atoms with Crippen LogP contribution in [-0.2, 0) is 11.2 Å². The second-order valence-electron chi connectivity index (χ2n) is 4.62. The number of ether oxygens (including phenoxy) is 1. The van der Waals surface area contributed by atoms with Crippen molar-refractivity contribution in [1.82, 2.24) is 5.32 Å². The van der Waals surface area contributed by atoms with Gasteiger partial charge in [0.1, 0.15) is 6.61 Å². The van der Waals surface area contributed by atoms with Crippen molar-refractivity contribution in [1.29, 1.82) is 0 Å². The fourth-order valence-corrected chi connectivity index (χ4v) is 2.13. The molecule has 1 amide bonds. The molecule has 0 radical (unpaired) electrons. The maximum atomic E-state index is 11.9. The number of nitrogens with one attached hydrogen (secondary N) is 2.